The van der Waals surface area contributed by atoms with Crippen LogP contribution in [0.5, 0.6) is 0 Å². The molecule has 1 amide bonds. The standard InChI is InChI=1S/C15H18N2O2S/c1-10(7-18)11(2)17-15(19)13-5-3-12(4-6-13)14-8-20-9-16-14/h3-6,8-11,18H,7H2,1-2H3,(H,17,19). The lowest BCUT2D eigenvalue weighted by molar-refractivity contribution is 0.0916. The van der Waals surface area contributed by atoms with Crippen LogP contribution in [0, 0.1) is 5.92 Å². The first-order valence-electron chi connectivity index (χ1n) is 6.52. The summed E-state index contributed by atoms with van der Waals surface area (Å²) in [5.41, 5.74) is 4.32. The zero-order chi connectivity index (χ0) is 14.5. The second kappa shape index (κ2) is 6.63. The van der Waals surface area contributed by atoms with Gasteiger partial charge in [-0.1, -0.05) is 19.1 Å². The highest BCUT2D eigenvalue weighted by atomic mass is 32.1. The number of benzene rings is 1. The van der Waals surface area contributed by atoms with E-state index in [9.17, 15) is 4.79 Å². The van der Waals surface area contributed by atoms with Crippen LogP contribution in [0.1, 0.15) is 24.2 Å². The molecule has 1 aromatic carbocycles. The summed E-state index contributed by atoms with van der Waals surface area (Å²) >= 11 is 1.54. The van der Waals surface area contributed by atoms with Crippen molar-refractivity contribution < 1.29 is 9.90 Å². The second-order valence-corrected chi connectivity index (χ2v) is 5.59. The summed E-state index contributed by atoms with van der Waals surface area (Å²) in [5, 5.41) is 13.9. The summed E-state index contributed by atoms with van der Waals surface area (Å²) in [4.78, 5) is 16.3. The Morgan fingerprint density at radius 2 is 2.05 bits per heavy atom. The van der Waals surface area contributed by atoms with E-state index in [2.05, 4.69) is 10.3 Å². The van der Waals surface area contributed by atoms with E-state index >= 15 is 0 Å². The zero-order valence-corrected chi connectivity index (χ0v) is 12.4. The Morgan fingerprint density at radius 3 is 2.60 bits per heavy atom. The molecule has 0 radical (unpaired) electrons. The molecule has 20 heavy (non-hydrogen) atoms. The summed E-state index contributed by atoms with van der Waals surface area (Å²) in [6.07, 6.45) is 0. The van der Waals surface area contributed by atoms with E-state index in [0.29, 0.717) is 5.56 Å². The van der Waals surface area contributed by atoms with Crippen LogP contribution in [0.15, 0.2) is 35.2 Å². The summed E-state index contributed by atoms with van der Waals surface area (Å²) in [7, 11) is 0. The normalized spacial score (nSPS) is 13.8. The highest BCUT2D eigenvalue weighted by Crippen LogP contribution is 2.19. The molecule has 0 fully saturated rings. The van der Waals surface area contributed by atoms with E-state index < -0.39 is 0 Å². The zero-order valence-electron chi connectivity index (χ0n) is 11.5. The van der Waals surface area contributed by atoms with Gasteiger partial charge in [-0.3, -0.25) is 4.79 Å². The van der Waals surface area contributed by atoms with Crippen molar-refractivity contribution in [1.82, 2.24) is 10.3 Å². The number of hydrogen-bond donors (Lipinski definition) is 2. The van der Waals surface area contributed by atoms with Crippen LogP contribution in [0.4, 0.5) is 0 Å². The number of amides is 1. The Bertz CT molecular complexity index is 552. The maximum absolute atomic E-state index is 12.1. The van der Waals surface area contributed by atoms with Gasteiger partial charge in [0.2, 0.25) is 0 Å². The van der Waals surface area contributed by atoms with Crippen LogP contribution >= 0.6 is 11.3 Å². The molecule has 2 unspecified atom stereocenters. The molecule has 0 bridgehead atoms. The van der Waals surface area contributed by atoms with Crippen molar-refractivity contribution in [3.05, 3.63) is 40.7 Å². The lowest BCUT2D eigenvalue weighted by Crippen LogP contribution is -2.38. The third kappa shape index (κ3) is 3.43. The third-order valence-corrected chi connectivity index (χ3v) is 3.96. The first kappa shape index (κ1) is 14.7. The second-order valence-electron chi connectivity index (χ2n) is 4.87. The number of aliphatic hydroxyl groups is 1. The molecule has 2 N–H and O–H groups in total. The predicted octanol–water partition coefficient (Wildman–Crippen LogP) is 2.56. The van der Waals surface area contributed by atoms with Gasteiger partial charge in [-0.25, -0.2) is 4.98 Å². The van der Waals surface area contributed by atoms with E-state index in [1.807, 2.05) is 31.4 Å². The van der Waals surface area contributed by atoms with E-state index in [-0.39, 0.29) is 24.5 Å². The molecule has 0 aliphatic carbocycles. The number of rotatable bonds is 5. The lowest BCUT2D eigenvalue weighted by atomic mass is 10.0. The number of carbonyl (C=O) groups excluding carboxylic acids is 1. The molecular weight excluding hydrogens is 272 g/mol. The monoisotopic (exact) mass is 290 g/mol. The Balaban J connectivity index is 2.04. The summed E-state index contributed by atoms with van der Waals surface area (Å²) in [6, 6.07) is 7.31. The Kier molecular flexibility index (Phi) is 4.87. The number of aromatic nitrogens is 1. The molecule has 106 valence electrons. The fraction of sp³-hybridized carbons (Fsp3) is 0.333. The summed E-state index contributed by atoms with van der Waals surface area (Å²) in [5.74, 6) is -0.0872. The maximum Gasteiger partial charge on any atom is 0.251 e. The van der Waals surface area contributed by atoms with Gasteiger partial charge in [0, 0.05) is 29.2 Å². The van der Waals surface area contributed by atoms with Crippen molar-refractivity contribution in [2.45, 2.75) is 19.9 Å². The minimum Gasteiger partial charge on any atom is -0.396 e. The van der Waals surface area contributed by atoms with E-state index in [1.54, 1.807) is 29.0 Å². The molecule has 2 atom stereocenters. The number of aliphatic hydroxyl groups excluding tert-OH is 1. The molecule has 0 aliphatic heterocycles. The van der Waals surface area contributed by atoms with Crippen LogP contribution in [-0.2, 0) is 0 Å². The van der Waals surface area contributed by atoms with Gasteiger partial charge in [-0.2, -0.15) is 0 Å². The Morgan fingerprint density at radius 1 is 1.35 bits per heavy atom. The topological polar surface area (TPSA) is 62.2 Å². The quantitative estimate of drug-likeness (QED) is 0.889. The number of nitrogens with one attached hydrogen (secondary N) is 1. The molecule has 0 saturated heterocycles. The fourth-order valence-electron chi connectivity index (χ4n) is 1.74. The predicted molar refractivity (Wildman–Crippen MR) is 80.7 cm³/mol. The minimum absolute atomic E-state index is 0.0354. The van der Waals surface area contributed by atoms with Gasteiger partial charge in [-0.05, 0) is 25.0 Å². The summed E-state index contributed by atoms with van der Waals surface area (Å²) in [6.45, 7) is 3.85. The molecule has 0 saturated carbocycles. The largest absolute Gasteiger partial charge is 0.396 e. The van der Waals surface area contributed by atoms with E-state index in [4.69, 9.17) is 5.11 Å². The van der Waals surface area contributed by atoms with Gasteiger partial charge in [0.15, 0.2) is 0 Å². The first-order valence-corrected chi connectivity index (χ1v) is 7.46. The fourth-order valence-corrected chi connectivity index (χ4v) is 2.30. The van der Waals surface area contributed by atoms with Crippen LogP contribution in [0.3, 0.4) is 0 Å². The smallest absolute Gasteiger partial charge is 0.251 e. The molecular formula is C15H18N2O2S. The maximum atomic E-state index is 12.1. The highest BCUT2D eigenvalue weighted by molar-refractivity contribution is 7.07. The van der Waals surface area contributed by atoms with E-state index in [1.165, 1.54) is 0 Å². The van der Waals surface area contributed by atoms with Crippen molar-refractivity contribution in [3.63, 3.8) is 0 Å². The highest BCUT2D eigenvalue weighted by Gasteiger charge is 2.15. The SMILES string of the molecule is CC(CO)C(C)NC(=O)c1ccc(-c2cscn2)cc1. The van der Waals surface area contributed by atoms with Crippen LogP contribution in [0.25, 0.3) is 11.3 Å². The van der Waals surface area contributed by atoms with Crippen molar-refractivity contribution in [3.8, 4) is 11.3 Å². The van der Waals surface area contributed by atoms with Crippen molar-refractivity contribution >= 4 is 17.2 Å². The van der Waals surface area contributed by atoms with Gasteiger partial charge in [0.25, 0.3) is 5.91 Å². The van der Waals surface area contributed by atoms with Crippen molar-refractivity contribution in [2.24, 2.45) is 5.92 Å². The molecule has 0 aliphatic rings. The average molecular weight is 290 g/mol. The van der Waals surface area contributed by atoms with Gasteiger partial charge >= 0.3 is 0 Å². The van der Waals surface area contributed by atoms with Gasteiger partial charge in [0.05, 0.1) is 11.2 Å². The average Bonchev–Trinajstić information content (AvgIpc) is 3.00. The molecule has 0 spiro atoms. The number of hydrogen-bond acceptors (Lipinski definition) is 4. The Labute approximate surface area is 122 Å². The van der Waals surface area contributed by atoms with E-state index in [0.717, 1.165) is 11.3 Å². The third-order valence-electron chi connectivity index (χ3n) is 3.38. The number of thiazole rings is 1. The lowest BCUT2D eigenvalue weighted by Gasteiger charge is -2.19. The Hall–Kier alpha value is -1.72. The van der Waals surface area contributed by atoms with Crippen molar-refractivity contribution in [1.29, 1.82) is 0 Å². The van der Waals surface area contributed by atoms with Crippen LogP contribution < -0.4 is 5.32 Å². The molecule has 1 heterocycles. The van der Waals surface area contributed by atoms with Gasteiger partial charge in [0.1, 0.15) is 0 Å². The minimum atomic E-state index is -0.123. The van der Waals surface area contributed by atoms with Crippen molar-refractivity contribution in [2.75, 3.05) is 6.61 Å². The van der Waals surface area contributed by atoms with Crippen LogP contribution in [-0.4, -0.2) is 28.6 Å². The first-order chi connectivity index (χ1) is 9.61. The summed E-state index contributed by atoms with van der Waals surface area (Å²) < 4.78 is 0. The van der Waals surface area contributed by atoms with Gasteiger partial charge in [-0.15, -0.1) is 11.3 Å². The molecule has 4 nitrogen and oxygen atoms in total. The molecule has 5 heteroatoms. The molecule has 2 aromatic rings. The van der Waals surface area contributed by atoms with Gasteiger partial charge < -0.3 is 10.4 Å². The number of carbonyl (C=O) groups is 1. The van der Waals surface area contributed by atoms with Crippen LogP contribution in [0.2, 0.25) is 0 Å². The molecule has 1 aromatic heterocycles. The molecule has 2 rings (SSSR count). The number of nitrogens with zero attached hydrogens (tertiary/aromatic N) is 1.